The van der Waals surface area contributed by atoms with Crippen molar-refractivity contribution in [1.29, 1.82) is 0 Å². The molecule has 2 aromatic rings. The van der Waals surface area contributed by atoms with Crippen molar-refractivity contribution in [3.8, 4) is 0 Å². The van der Waals surface area contributed by atoms with Gasteiger partial charge in [0.2, 0.25) is 0 Å². The van der Waals surface area contributed by atoms with Crippen molar-refractivity contribution in [3.63, 3.8) is 0 Å². The van der Waals surface area contributed by atoms with Crippen molar-refractivity contribution < 1.29 is 44.7 Å². The zero-order valence-electron chi connectivity index (χ0n) is 15.0. The zero-order chi connectivity index (χ0) is 22.2. The summed E-state index contributed by atoms with van der Waals surface area (Å²) in [5, 5.41) is 43.9. The topological polar surface area (TPSA) is 232 Å². The number of H-pyrrole nitrogens is 2. The number of aromatic nitrogens is 4. The van der Waals surface area contributed by atoms with Gasteiger partial charge in [-0.2, -0.15) is 0 Å². The summed E-state index contributed by atoms with van der Waals surface area (Å²) in [7, 11) is 0. The molecule has 1 unspecified atom stereocenters. The van der Waals surface area contributed by atoms with E-state index in [1.54, 1.807) is 12.4 Å². The SMILES string of the molecule is O=C(O)CC(O)C(=O)O.O=C([O-])C=Cc1c[nH]cn1.O=C([O-])C=Cc1c[nH]cn1.[Se+2]. The molecule has 0 aromatic carbocycles. The molecule has 0 aliphatic heterocycles. The maximum atomic E-state index is 9.86. The van der Waals surface area contributed by atoms with E-state index < -0.39 is 36.4 Å². The minimum absolute atomic E-state index is 0. The van der Waals surface area contributed by atoms with E-state index in [1.807, 2.05) is 0 Å². The molecular formula is C16H16N4O9Se. The molecular weight excluding hydrogens is 471 g/mol. The van der Waals surface area contributed by atoms with Crippen LogP contribution in [-0.2, 0) is 19.2 Å². The molecule has 4 radical (unpaired) electrons. The number of nitrogens with zero attached hydrogens (tertiary/aromatic N) is 2. The Morgan fingerprint density at radius 3 is 1.53 bits per heavy atom. The Morgan fingerprint density at radius 1 is 0.933 bits per heavy atom. The van der Waals surface area contributed by atoms with Gasteiger partial charge in [0.15, 0.2) is 6.10 Å². The van der Waals surface area contributed by atoms with Gasteiger partial charge in [0.1, 0.15) is 0 Å². The second-order valence-electron chi connectivity index (χ2n) is 4.74. The Bertz CT molecular complexity index is 779. The molecule has 14 heteroatoms. The monoisotopic (exact) mass is 488 g/mol. The van der Waals surface area contributed by atoms with Gasteiger partial charge in [-0.25, -0.2) is 14.8 Å². The smallest absolute Gasteiger partial charge is 0.545 e. The average Bonchev–Trinajstić information content (AvgIpc) is 3.32. The van der Waals surface area contributed by atoms with Crippen LogP contribution in [0.2, 0.25) is 0 Å². The van der Waals surface area contributed by atoms with E-state index in [1.165, 1.54) is 24.8 Å². The van der Waals surface area contributed by atoms with Gasteiger partial charge >= 0.3 is 29.0 Å². The number of nitrogens with one attached hydrogen (secondary N) is 2. The molecule has 0 saturated heterocycles. The van der Waals surface area contributed by atoms with Crippen molar-refractivity contribution >= 4 is 53.1 Å². The predicted octanol–water partition coefficient (Wildman–Crippen LogP) is -3.13. The van der Waals surface area contributed by atoms with E-state index in [4.69, 9.17) is 15.3 Å². The second-order valence-corrected chi connectivity index (χ2v) is 4.74. The molecule has 30 heavy (non-hydrogen) atoms. The second kappa shape index (κ2) is 16.2. The fourth-order valence-electron chi connectivity index (χ4n) is 1.29. The fraction of sp³-hybridized carbons (Fsp3) is 0.125. The number of carboxylic acids is 4. The number of hydrogen-bond acceptors (Lipinski definition) is 9. The van der Waals surface area contributed by atoms with Gasteiger partial charge in [-0.05, 0) is 24.3 Å². The number of imidazole rings is 2. The normalized spacial score (nSPS) is 10.7. The van der Waals surface area contributed by atoms with Crippen molar-refractivity contribution in [2.24, 2.45) is 0 Å². The molecule has 1 atom stereocenters. The maximum Gasteiger partial charge on any atom is 2.00 e. The summed E-state index contributed by atoms with van der Waals surface area (Å²) in [6.45, 7) is 0. The first kappa shape index (κ1) is 28.5. The molecule has 0 saturated carbocycles. The van der Waals surface area contributed by atoms with E-state index in [-0.39, 0.29) is 17.1 Å². The molecule has 13 nitrogen and oxygen atoms in total. The number of aliphatic hydroxyl groups excluding tert-OH is 1. The predicted molar refractivity (Wildman–Crippen MR) is 96.9 cm³/mol. The number of carbonyl (C=O) groups excluding carboxylic acids is 2. The van der Waals surface area contributed by atoms with Crippen LogP contribution in [0.4, 0.5) is 0 Å². The summed E-state index contributed by atoms with van der Waals surface area (Å²) in [5.74, 6) is -5.28. The molecule has 0 aliphatic carbocycles. The minimum atomic E-state index is -1.79. The van der Waals surface area contributed by atoms with Crippen LogP contribution in [0, 0.1) is 0 Å². The van der Waals surface area contributed by atoms with Crippen LogP contribution in [-0.4, -0.2) is 82.3 Å². The molecule has 2 rings (SSSR count). The number of carbonyl (C=O) groups is 4. The van der Waals surface area contributed by atoms with Gasteiger partial charge < -0.3 is 45.1 Å². The average molecular weight is 487 g/mol. The van der Waals surface area contributed by atoms with Crippen LogP contribution >= 0.6 is 0 Å². The first-order valence-electron chi connectivity index (χ1n) is 7.50. The number of rotatable bonds is 7. The Morgan fingerprint density at radius 2 is 1.33 bits per heavy atom. The van der Waals surface area contributed by atoms with Crippen LogP contribution in [0.15, 0.2) is 37.2 Å². The maximum absolute atomic E-state index is 9.86. The summed E-state index contributed by atoms with van der Waals surface area (Å²) in [5.41, 5.74) is 1.15. The third kappa shape index (κ3) is 16.4. The minimum Gasteiger partial charge on any atom is -0.545 e. The van der Waals surface area contributed by atoms with Gasteiger partial charge in [0.25, 0.3) is 0 Å². The summed E-state index contributed by atoms with van der Waals surface area (Å²) >= 11 is 0. The molecule has 2 aromatic heterocycles. The molecule has 0 amide bonds. The fourth-order valence-corrected chi connectivity index (χ4v) is 1.29. The molecule has 0 fully saturated rings. The van der Waals surface area contributed by atoms with Crippen LogP contribution in [0.25, 0.3) is 12.2 Å². The molecule has 0 bridgehead atoms. The third-order valence-corrected chi connectivity index (χ3v) is 2.47. The zero-order valence-corrected chi connectivity index (χ0v) is 16.7. The molecule has 2 heterocycles. The van der Waals surface area contributed by atoms with E-state index in [0.29, 0.717) is 11.4 Å². The van der Waals surface area contributed by atoms with Crippen molar-refractivity contribution in [3.05, 3.63) is 48.6 Å². The molecule has 5 N–H and O–H groups in total. The van der Waals surface area contributed by atoms with E-state index in [0.717, 1.165) is 12.2 Å². The Kier molecular flexibility index (Phi) is 15.4. The van der Waals surface area contributed by atoms with Crippen molar-refractivity contribution in [1.82, 2.24) is 19.9 Å². The van der Waals surface area contributed by atoms with Crippen LogP contribution in [0.1, 0.15) is 17.8 Å². The summed E-state index contributed by atoms with van der Waals surface area (Å²) in [6.07, 6.45) is 8.12. The van der Waals surface area contributed by atoms with Crippen LogP contribution < -0.4 is 10.2 Å². The van der Waals surface area contributed by atoms with Gasteiger partial charge in [-0.3, -0.25) is 4.79 Å². The first-order valence-corrected chi connectivity index (χ1v) is 7.50. The van der Waals surface area contributed by atoms with Gasteiger partial charge in [0, 0.05) is 12.4 Å². The molecule has 0 aliphatic rings. The van der Waals surface area contributed by atoms with Crippen LogP contribution in [0.5, 0.6) is 0 Å². The van der Waals surface area contributed by atoms with E-state index in [9.17, 15) is 29.4 Å². The van der Waals surface area contributed by atoms with Crippen molar-refractivity contribution in [2.75, 3.05) is 0 Å². The summed E-state index contributed by atoms with van der Waals surface area (Å²) < 4.78 is 0. The third-order valence-electron chi connectivity index (χ3n) is 2.47. The van der Waals surface area contributed by atoms with Gasteiger partial charge in [-0.15, -0.1) is 0 Å². The number of aromatic amines is 2. The number of carboxylic acid groups (broad SMARTS) is 4. The Balaban J connectivity index is 0. The van der Waals surface area contributed by atoms with Crippen LogP contribution in [0.3, 0.4) is 0 Å². The number of hydrogen-bond donors (Lipinski definition) is 5. The van der Waals surface area contributed by atoms with E-state index >= 15 is 0 Å². The van der Waals surface area contributed by atoms with Gasteiger partial charge in [0.05, 0.1) is 42.4 Å². The largest absolute Gasteiger partial charge is 2.00 e. The molecule has 160 valence electrons. The Hall–Kier alpha value is -3.74. The first-order chi connectivity index (χ1) is 13.6. The van der Waals surface area contributed by atoms with Gasteiger partial charge in [-0.1, -0.05) is 0 Å². The van der Waals surface area contributed by atoms with Crippen molar-refractivity contribution in [2.45, 2.75) is 12.5 Å². The quantitative estimate of drug-likeness (QED) is 0.193. The number of aliphatic carboxylic acids is 4. The number of aliphatic hydroxyl groups is 1. The summed E-state index contributed by atoms with van der Waals surface area (Å²) in [6, 6.07) is 0. The Labute approximate surface area is 179 Å². The van der Waals surface area contributed by atoms with E-state index in [2.05, 4.69) is 19.9 Å². The summed E-state index contributed by atoms with van der Waals surface area (Å²) in [4.78, 5) is 52.0. The molecule has 0 spiro atoms. The standard InChI is InChI=1S/2C6H6N2O2.C4H6O5.Se/c2*9-6(10)2-1-5-3-7-4-8-5;5-2(4(8)9)1-3(6)7;/h2*1-4H,(H,7,8)(H,9,10);2,5H,1H2,(H,6,7)(H,8,9);/q;;;+2/p-2.